The van der Waals surface area contributed by atoms with E-state index in [1.54, 1.807) is 10.5 Å². The monoisotopic (exact) mass is 582 g/mol. The van der Waals surface area contributed by atoms with Crippen LogP contribution in [0.15, 0.2) is 66.7 Å². The molecule has 0 aliphatic heterocycles. The van der Waals surface area contributed by atoms with Gasteiger partial charge in [-0.15, -0.1) is 10.2 Å². The van der Waals surface area contributed by atoms with Crippen LogP contribution in [0.3, 0.4) is 0 Å². The maximum Gasteiger partial charge on any atom is 0.408 e. The lowest BCUT2D eigenvalue weighted by Gasteiger charge is -2.61. The van der Waals surface area contributed by atoms with Gasteiger partial charge in [-0.1, -0.05) is 54.6 Å². The average Bonchev–Trinajstić information content (AvgIpc) is 3.73. The predicted molar refractivity (Wildman–Crippen MR) is 160 cm³/mol. The average molecular weight is 583 g/mol. The second-order valence-electron chi connectivity index (χ2n) is 12.6. The minimum atomic E-state index is -0.991. The van der Waals surface area contributed by atoms with Crippen molar-refractivity contribution in [1.29, 1.82) is 0 Å². The van der Waals surface area contributed by atoms with E-state index in [2.05, 4.69) is 10.2 Å². The minimum Gasteiger partial charge on any atom is -0.465 e. The normalized spacial score (nSPS) is 22.3. The molecule has 3 heterocycles. The van der Waals surface area contributed by atoms with E-state index >= 15 is 0 Å². The number of carboxylic acid groups (broad SMARTS) is 1. The zero-order valence-electron chi connectivity index (χ0n) is 23.6. The molecular weight excluding hydrogens is 552 g/mol. The zero-order valence-corrected chi connectivity index (χ0v) is 24.4. The van der Waals surface area contributed by atoms with Crippen LogP contribution in [0.1, 0.15) is 52.0 Å². The van der Waals surface area contributed by atoms with Gasteiger partial charge in [-0.25, -0.2) is 19.2 Å². The van der Waals surface area contributed by atoms with Crippen molar-refractivity contribution in [1.82, 2.24) is 29.5 Å². The number of aliphatic hydroxyl groups is 1. The molecule has 0 radical (unpaired) electrons. The summed E-state index contributed by atoms with van der Waals surface area (Å²) in [4.78, 5) is 24.3. The van der Waals surface area contributed by atoms with Gasteiger partial charge in [0.25, 0.3) is 0 Å². The molecule has 3 aromatic heterocycles. The van der Waals surface area contributed by atoms with Crippen molar-refractivity contribution >= 4 is 34.5 Å². The van der Waals surface area contributed by atoms with Crippen molar-refractivity contribution in [3.8, 4) is 22.5 Å². The molecule has 2 saturated carbocycles. The molecular formula is C32H31ClN6O3. The fourth-order valence-corrected chi connectivity index (χ4v) is 7.06. The molecule has 0 spiro atoms. The first kappa shape index (κ1) is 26.8. The Morgan fingerprint density at radius 3 is 2.19 bits per heavy atom. The lowest BCUT2D eigenvalue weighted by molar-refractivity contribution is -0.173. The Labute approximate surface area is 247 Å². The molecule has 2 fully saturated rings. The van der Waals surface area contributed by atoms with Gasteiger partial charge in [0.1, 0.15) is 5.52 Å². The number of hydrogen-bond donors (Lipinski definition) is 2. The molecule has 2 N–H and O–H groups in total. The van der Waals surface area contributed by atoms with Crippen LogP contribution in [-0.2, 0) is 5.54 Å². The quantitative estimate of drug-likeness (QED) is 0.241. The van der Waals surface area contributed by atoms with Gasteiger partial charge >= 0.3 is 6.09 Å². The molecule has 0 atom stereocenters. The molecule has 0 bridgehead atoms. The third kappa shape index (κ3) is 4.14. The largest absolute Gasteiger partial charge is 0.465 e. The third-order valence-corrected chi connectivity index (χ3v) is 8.97. The number of halogens is 1. The Balaban J connectivity index is 1.37. The molecule has 2 aliphatic rings. The topological polar surface area (TPSA) is 117 Å². The molecule has 214 valence electrons. The van der Waals surface area contributed by atoms with Crippen molar-refractivity contribution < 1.29 is 15.0 Å². The molecule has 10 heteroatoms. The van der Waals surface area contributed by atoms with E-state index in [0.29, 0.717) is 41.0 Å². The number of aromatic nitrogens is 5. The van der Waals surface area contributed by atoms with Crippen LogP contribution in [0.5, 0.6) is 0 Å². The number of benzene rings is 2. The number of carbonyl (C=O) groups is 1. The van der Waals surface area contributed by atoms with Crippen molar-refractivity contribution in [2.45, 2.75) is 63.1 Å². The van der Waals surface area contributed by atoms with Gasteiger partial charge in [-0.3, -0.25) is 4.90 Å². The van der Waals surface area contributed by atoms with Crippen LogP contribution in [0.25, 0.3) is 39.3 Å². The molecule has 5 aromatic rings. The van der Waals surface area contributed by atoms with Crippen LogP contribution in [-0.4, -0.2) is 56.9 Å². The second kappa shape index (κ2) is 9.21. The first-order valence-corrected chi connectivity index (χ1v) is 14.5. The van der Waals surface area contributed by atoms with Crippen LogP contribution in [0.4, 0.5) is 4.79 Å². The number of hydrogen-bond acceptors (Lipinski definition) is 6. The maximum absolute atomic E-state index is 12.7. The lowest BCUT2D eigenvalue weighted by Crippen LogP contribution is -2.69. The van der Waals surface area contributed by atoms with Crippen LogP contribution >= 0.6 is 11.6 Å². The Kier molecular flexibility index (Phi) is 5.88. The first-order chi connectivity index (χ1) is 20.0. The molecule has 1 amide bonds. The summed E-state index contributed by atoms with van der Waals surface area (Å²) in [6.07, 6.45) is 1.76. The van der Waals surface area contributed by atoms with Crippen molar-refractivity contribution in [3.05, 3.63) is 77.6 Å². The van der Waals surface area contributed by atoms with E-state index < -0.39 is 22.8 Å². The summed E-state index contributed by atoms with van der Waals surface area (Å²) >= 11 is 6.37. The first-order valence-electron chi connectivity index (χ1n) is 14.1. The number of rotatable bonds is 5. The number of fused-ring (bicyclic) bond motifs is 3. The van der Waals surface area contributed by atoms with Crippen LogP contribution < -0.4 is 0 Å². The summed E-state index contributed by atoms with van der Waals surface area (Å²) in [5.74, 6) is 0.243. The van der Waals surface area contributed by atoms with Gasteiger partial charge in [0.15, 0.2) is 11.3 Å². The Bertz CT molecular complexity index is 1840. The summed E-state index contributed by atoms with van der Waals surface area (Å²) in [6, 6.07) is 21.4. The van der Waals surface area contributed by atoms with Gasteiger partial charge in [0.2, 0.25) is 5.28 Å². The lowest BCUT2D eigenvalue weighted by atomic mass is 9.58. The predicted octanol–water partition coefficient (Wildman–Crippen LogP) is 6.57. The van der Waals surface area contributed by atoms with E-state index in [9.17, 15) is 15.0 Å². The van der Waals surface area contributed by atoms with E-state index in [1.165, 1.54) is 4.90 Å². The maximum atomic E-state index is 12.7. The summed E-state index contributed by atoms with van der Waals surface area (Å²) in [5, 5.41) is 30.1. The van der Waals surface area contributed by atoms with Crippen molar-refractivity contribution in [2.75, 3.05) is 0 Å². The fraction of sp³-hybridized carbons (Fsp3) is 0.344. The smallest absolute Gasteiger partial charge is 0.408 e. The van der Waals surface area contributed by atoms with Crippen molar-refractivity contribution in [2.24, 2.45) is 5.92 Å². The molecule has 0 unspecified atom stereocenters. The Morgan fingerprint density at radius 1 is 0.929 bits per heavy atom. The van der Waals surface area contributed by atoms with Crippen LogP contribution in [0, 0.1) is 5.92 Å². The van der Waals surface area contributed by atoms with Gasteiger partial charge in [0.05, 0.1) is 22.5 Å². The van der Waals surface area contributed by atoms with Crippen molar-refractivity contribution in [3.63, 3.8) is 0 Å². The van der Waals surface area contributed by atoms with Gasteiger partial charge in [0, 0.05) is 29.5 Å². The highest BCUT2D eigenvalue weighted by Crippen LogP contribution is 2.61. The summed E-state index contributed by atoms with van der Waals surface area (Å²) in [5.41, 5.74) is 3.41. The molecule has 7 rings (SSSR count). The summed E-state index contributed by atoms with van der Waals surface area (Å²) in [7, 11) is 0. The highest BCUT2D eigenvalue weighted by Gasteiger charge is 2.65. The highest BCUT2D eigenvalue weighted by atomic mass is 35.5. The SMILES string of the molecule is CC(C)(C)N(C(=O)O)C1(c2ccc(-c3nc4ccc5nnc(Cl)n5c4nc3-c3ccccc3)cc2)CC(O)(C2CC2)C1. The van der Waals surface area contributed by atoms with Gasteiger partial charge in [-0.05, 0) is 68.8 Å². The third-order valence-electron chi connectivity index (χ3n) is 8.72. The van der Waals surface area contributed by atoms with E-state index in [4.69, 9.17) is 21.6 Å². The fourth-order valence-electron chi connectivity index (χ4n) is 6.86. The molecule has 0 saturated heterocycles. The second-order valence-corrected chi connectivity index (χ2v) is 13.0. The highest BCUT2D eigenvalue weighted by molar-refractivity contribution is 6.28. The van der Waals surface area contributed by atoms with Crippen LogP contribution in [0.2, 0.25) is 5.28 Å². The van der Waals surface area contributed by atoms with Gasteiger partial charge in [-0.2, -0.15) is 0 Å². The summed E-state index contributed by atoms with van der Waals surface area (Å²) < 4.78 is 1.68. The number of pyridine rings is 1. The van der Waals surface area contributed by atoms with E-state index in [0.717, 1.165) is 29.5 Å². The summed E-state index contributed by atoms with van der Waals surface area (Å²) in [6.45, 7) is 5.71. The molecule has 9 nitrogen and oxygen atoms in total. The molecule has 42 heavy (non-hydrogen) atoms. The number of amides is 1. The Hall–Kier alpha value is -4.08. The Morgan fingerprint density at radius 2 is 1.57 bits per heavy atom. The number of nitrogens with zero attached hydrogens (tertiary/aromatic N) is 6. The molecule has 2 aliphatic carbocycles. The van der Waals surface area contributed by atoms with E-state index in [-0.39, 0.29) is 11.2 Å². The minimum absolute atomic E-state index is 0.208. The zero-order chi connectivity index (χ0) is 29.4. The van der Waals surface area contributed by atoms with Gasteiger partial charge < -0.3 is 10.2 Å². The van der Waals surface area contributed by atoms with E-state index in [1.807, 2.05) is 81.4 Å². The molecule has 2 aromatic carbocycles. The standard InChI is InChI=1S/C32H31ClN6O3/c1-30(2,3)39(29(40)41)31(17-32(42,18-31)22-13-14-22)21-11-9-20(10-12-21)25-26(19-7-5-4-6-8-19)35-27-23(34-25)15-16-24-36-37-28(33)38(24)27/h4-12,15-16,22,42H,13-14,17-18H2,1-3H3,(H,40,41).